The predicted molar refractivity (Wildman–Crippen MR) is 55.5 cm³/mol. The summed E-state index contributed by atoms with van der Waals surface area (Å²) < 4.78 is 9.65. The van der Waals surface area contributed by atoms with Crippen molar-refractivity contribution >= 4 is 11.8 Å². The highest BCUT2D eigenvalue weighted by molar-refractivity contribution is 5.73. The van der Waals surface area contributed by atoms with Crippen LogP contribution in [0.3, 0.4) is 0 Å². The van der Waals surface area contributed by atoms with Gasteiger partial charge in [0.05, 0.1) is 13.7 Å². The molecule has 0 aromatic carbocycles. The predicted octanol–water partition coefficient (Wildman–Crippen LogP) is -0.00330. The molecule has 0 bridgehead atoms. The van der Waals surface area contributed by atoms with E-state index in [1.807, 2.05) is 0 Å². The Bertz CT molecular complexity index is 358. The summed E-state index contributed by atoms with van der Waals surface area (Å²) in [4.78, 5) is 18.4. The number of carboxylic acids is 1. The lowest BCUT2D eigenvalue weighted by Crippen LogP contribution is -2.30. The second-order valence-electron chi connectivity index (χ2n) is 2.89. The largest absolute Gasteiger partial charge is 0.481 e. The van der Waals surface area contributed by atoms with E-state index in [1.165, 1.54) is 20.5 Å². The average Bonchev–Trinajstić information content (AvgIpc) is 2.29. The maximum atomic E-state index is 10.7. The summed E-state index contributed by atoms with van der Waals surface area (Å²) in [6, 6.07) is 1.56. The van der Waals surface area contributed by atoms with Gasteiger partial charge in [0.25, 0.3) is 0 Å². The highest BCUT2D eigenvalue weighted by Gasteiger charge is 2.15. The van der Waals surface area contributed by atoms with Crippen molar-refractivity contribution in [3.63, 3.8) is 0 Å². The molecule has 1 unspecified atom stereocenters. The monoisotopic (exact) mass is 227 g/mol. The molecule has 0 spiro atoms. The Balaban J connectivity index is 2.56. The molecule has 7 heteroatoms. The normalized spacial score (nSPS) is 11.9. The minimum absolute atomic E-state index is 0.117. The van der Waals surface area contributed by atoms with Gasteiger partial charge >= 0.3 is 5.97 Å². The van der Waals surface area contributed by atoms with E-state index in [0.717, 1.165) is 0 Å². The Morgan fingerprint density at radius 1 is 1.56 bits per heavy atom. The molecule has 2 N–H and O–H groups in total. The number of aliphatic carboxylic acids is 1. The minimum Gasteiger partial charge on any atom is -0.481 e. The molecule has 0 radical (unpaired) electrons. The molecule has 0 saturated carbocycles. The van der Waals surface area contributed by atoms with Gasteiger partial charge in [-0.05, 0) is 0 Å². The van der Waals surface area contributed by atoms with E-state index in [-0.39, 0.29) is 6.54 Å². The Kier molecular flexibility index (Phi) is 4.46. The van der Waals surface area contributed by atoms with Crippen molar-refractivity contribution < 1.29 is 19.4 Å². The molecule has 0 saturated heterocycles. The molecule has 1 aromatic rings. The fraction of sp³-hybridized carbons (Fsp3) is 0.444. The van der Waals surface area contributed by atoms with Crippen molar-refractivity contribution in [3.05, 3.63) is 12.4 Å². The Morgan fingerprint density at radius 2 is 2.31 bits per heavy atom. The van der Waals surface area contributed by atoms with Crippen molar-refractivity contribution in [2.24, 2.45) is 0 Å². The smallest absolute Gasteiger partial charge is 0.334 e. The fourth-order valence-corrected chi connectivity index (χ4v) is 1.02. The summed E-state index contributed by atoms with van der Waals surface area (Å²) in [7, 11) is 2.82. The number of rotatable bonds is 6. The third-order valence-corrected chi connectivity index (χ3v) is 1.88. The van der Waals surface area contributed by atoms with Gasteiger partial charge in [0.15, 0.2) is 6.10 Å². The molecule has 16 heavy (non-hydrogen) atoms. The van der Waals surface area contributed by atoms with Crippen molar-refractivity contribution in [3.8, 4) is 5.88 Å². The van der Waals surface area contributed by atoms with Gasteiger partial charge in [-0.15, -0.1) is 0 Å². The zero-order chi connectivity index (χ0) is 12.0. The number of aromatic nitrogens is 2. The lowest BCUT2D eigenvalue weighted by molar-refractivity contribution is -0.147. The summed E-state index contributed by atoms with van der Waals surface area (Å²) in [5.41, 5.74) is 0. The number of anilines is 1. The molecule has 1 aromatic heterocycles. The van der Waals surface area contributed by atoms with E-state index in [9.17, 15) is 4.79 Å². The van der Waals surface area contributed by atoms with Crippen molar-refractivity contribution in [2.45, 2.75) is 6.10 Å². The van der Waals surface area contributed by atoms with Crippen LogP contribution in [0.2, 0.25) is 0 Å². The van der Waals surface area contributed by atoms with Gasteiger partial charge in [-0.1, -0.05) is 0 Å². The van der Waals surface area contributed by atoms with Gasteiger partial charge in [0.1, 0.15) is 12.1 Å². The second kappa shape index (κ2) is 5.86. The number of hydrogen-bond acceptors (Lipinski definition) is 6. The first-order valence-electron chi connectivity index (χ1n) is 4.53. The summed E-state index contributed by atoms with van der Waals surface area (Å²) in [5, 5.41) is 11.5. The van der Waals surface area contributed by atoms with Gasteiger partial charge in [-0.2, -0.15) is 0 Å². The quantitative estimate of drug-likeness (QED) is 0.706. The third kappa shape index (κ3) is 3.35. The van der Waals surface area contributed by atoms with Crippen LogP contribution in [-0.2, 0) is 9.53 Å². The third-order valence-electron chi connectivity index (χ3n) is 1.88. The fourth-order valence-electron chi connectivity index (χ4n) is 1.02. The summed E-state index contributed by atoms with van der Waals surface area (Å²) >= 11 is 0. The zero-order valence-corrected chi connectivity index (χ0v) is 9.01. The van der Waals surface area contributed by atoms with E-state index < -0.39 is 12.1 Å². The molecule has 1 heterocycles. The van der Waals surface area contributed by atoms with Crippen LogP contribution in [-0.4, -0.2) is 47.9 Å². The lowest BCUT2D eigenvalue weighted by Gasteiger charge is -2.11. The first-order chi connectivity index (χ1) is 7.67. The van der Waals surface area contributed by atoms with E-state index in [1.54, 1.807) is 6.07 Å². The second-order valence-corrected chi connectivity index (χ2v) is 2.89. The highest BCUT2D eigenvalue weighted by atomic mass is 16.5. The van der Waals surface area contributed by atoms with Crippen LogP contribution in [0.4, 0.5) is 5.82 Å². The number of hydrogen-bond donors (Lipinski definition) is 2. The van der Waals surface area contributed by atoms with Crippen LogP contribution >= 0.6 is 0 Å². The number of nitrogens with one attached hydrogen (secondary N) is 1. The molecule has 0 fully saturated rings. The van der Waals surface area contributed by atoms with E-state index in [4.69, 9.17) is 14.6 Å². The topological polar surface area (TPSA) is 93.6 Å². The zero-order valence-electron chi connectivity index (χ0n) is 9.01. The van der Waals surface area contributed by atoms with Crippen LogP contribution in [0.1, 0.15) is 0 Å². The molecule has 0 aliphatic carbocycles. The van der Waals surface area contributed by atoms with Crippen LogP contribution < -0.4 is 10.1 Å². The Morgan fingerprint density at radius 3 is 2.88 bits per heavy atom. The SMILES string of the molecule is COc1cc(NCC(OC)C(=O)O)ncn1. The van der Waals surface area contributed by atoms with Gasteiger partial charge in [-0.3, -0.25) is 0 Å². The Hall–Kier alpha value is -1.89. The number of carbonyl (C=O) groups is 1. The molecular formula is C9H13N3O4. The molecule has 0 aliphatic rings. The van der Waals surface area contributed by atoms with Gasteiger partial charge in [0.2, 0.25) is 5.88 Å². The standard InChI is InChI=1S/C9H13N3O4/c1-15-6(9(13)14)4-10-7-3-8(16-2)12-5-11-7/h3,5-6H,4H2,1-2H3,(H,13,14)(H,10,11,12). The molecule has 88 valence electrons. The van der Waals surface area contributed by atoms with Crippen molar-refractivity contribution in [1.82, 2.24) is 9.97 Å². The number of ether oxygens (including phenoxy) is 2. The average molecular weight is 227 g/mol. The van der Waals surface area contributed by atoms with Gasteiger partial charge < -0.3 is 19.9 Å². The first-order valence-corrected chi connectivity index (χ1v) is 4.53. The van der Waals surface area contributed by atoms with E-state index >= 15 is 0 Å². The molecular weight excluding hydrogens is 214 g/mol. The summed E-state index contributed by atoms with van der Waals surface area (Å²) in [6.45, 7) is 0.117. The van der Waals surface area contributed by atoms with Crippen LogP contribution in [0.5, 0.6) is 5.88 Å². The van der Waals surface area contributed by atoms with E-state index in [2.05, 4.69) is 15.3 Å². The maximum Gasteiger partial charge on any atom is 0.334 e. The van der Waals surface area contributed by atoms with Crippen molar-refractivity contribution in [2.75, 3.05) is 26.1 Å². The van der Waals surface area contributed by atoms with Gasteiger partial charge in [0, 0.05) is 13.2 Å². The minimum atomic E-state index is -1.03. The van der Waals surface area contributed by atoms with Crippen LogP contribution in [0, 0.1) is 0 Å². The number of carboxylic acid groups (broad SMARTS) is 1. The van der Waals surface area contributed by atoms with Crippen LogP contribution in [0.25, 0.3) is 0 Å². The molecule has 0 aliphatic heterocycles. The molecule has 1 rings (SSSR count). The van der Waals surface area contributed by atoms with E-state index in [0.29, 0.717) is 11.7 Å². The Labute approximate surface area is 92.4 Å². The van der Waals surface area contributed by atoms with Crippen LogP contribution in [0.15, 0.2) is 12.4 Å². The highest BCUT2D eigenvalue weighted by Crippen LogP contribution is 2.09. The number of methoxy groups -OCH3 is 2. The van der Waals surface area contributed by atoms with Crippen molar-refractivity contribution in [1.29, 1.82) is 0 Å². The lowest BCUT2D eigenvalue weighted by atomic mass is 10.3. The molecule has 0 amide bonds. The number of nitrogens with zero attached hydrogens (tertiary/aromatic N) is 2. The summed E-state index contributed by atoms with van der Waals surface area (Å²) in [5.74, 6) is -0.145. The molecule has 1 atom stereocenters. The first kappa shape index (κ1) is 12.2. The maximum absolute atomic E-state index is 10.7. The molecule has 7 nitrogen and oxygen atoms in total. The summed E-state index contributed by atoms with van der Waals surface area (Å²) in [6.07, 6.45) is 0.407. The van der Waals surface area contributed by atoms with Gasteiger partial charge in [-0.25, -0.2) is 14.8 Å².